The van der Waals surface area contributed by atoms with Crippen LogP contribution in [0.5, 0.6) is 5.75 Å². The Hall–Kier alpha value is -2.22. The van der Waals surface area contributed by atoms with Crippen LogP contribution in [0.2, 0.25) is 0 Å². The third-order valence-corrected chi connectivity index (χ3v) is 8.07. The lowest BCUT2D eigenvalue weighted by atomic mass is 9.82. The number of carbonyl (C=O) groups is 2. The number of ketones is 1. The van der Waals surface area contributed by atoms with Gasteiger partial charge in [0.25, 0.3) is 0 Å². The third-order valence-electron chi connectivity index (χ3n) is 8.07. The van der Waals surface area contributed by atoms with Crippen molar-refractivity contribution in [1.29, 1.82) is 0 Å². The molecule has 0 aromatic heterocycles. The molecule has 6 nitrogen and oxygen atoms in total. The van der Waals surface area contributed by atoms with Gasteiger partial charge in [-0.15, -0.1) is 0 Å². The number of hydrogen-bond acceptors (Lipinski definition) is 5. The summed E-state index contributed by atoms with van der Waals surface area (Å²) in [7, 11) is 0. The maximum Gasteiger partial charge on any atom is 0.328 e. The van der Waals surface area contributed by atoms with Crippen LogP contribution in [0.1, 0.15) is 54.1 Å². The molecule has 4 heterocycles. The van der Waals surface area contributed by atoms with Crippen molar-refractivity contribution in [2.45, 2.75) is 44.2 Å². The fraction of sp³-hybridized carbons (Fsp3) is 0.500. The van der Waals surface area contributed by atoms with Crippen molar-refractivity contribution in [3.8, 4) is 5.75 Å². The second-order valence-electron chi connectivity index (χ2n) is 10.3. The number of benzene rings is 2. The van der Waals surface area contributed by atoms with Crippen molar-refractivity contribution in [3.05, 3.63) is 65.7 Å². The van der Waals surface area contributed by atoms with Gasteiger partial charge in [0.1, 0.15) is 24.9 Å². The van der Waals surface area contributed by atoms with E-state index >= 15 is 0 Å². The van der Waals surface area contributed by atoms with Gasteiger partial charge in [0.2, 0.25) is 5.78 Å². The predicted octanol–water partition coefficient (Wildman–Crippen LogP) is 0.958. The summed E-state index contributed by atoms with van der Waals surface area (Å²) in [5.41, 5.74) is 1.63. The second-order valence-corrected chi connectivity index (χ2v) is 10.3. The zero-order valence-corrected chi connectivity index (χ0v) is 21.7. The van der Waals surface area contributed by atoms with Gasteiger partial charge in [0, 0.05) is 24.3 Å². The molecule has 1 unspecified atom stereocenters. The molecule has 4 saturated heterocycles. The van der Waals surface area contributed by atoms with E-state index in [0.29, 0.717) is 29.1 Å². The summed E-state index contributed by atoms with van der Waals surface area (Å²) in [4.78, 5) is 28.9. The average Bonchev–Trinajstić information content (AvgIpc) is 2.86. The van der Waals surface area contributed by atoms with Crippen molar-refractivity contribution < 1.29 is 40.9 Å². The summed E-state index contributed by atoms with van der Waals surface area (Å²) in [5, 5.41) is 9.54. The molecule has 7 heteroatoms. The smallest absolute Gasteiger partial charge is 0.328 e. The van der Waals surface area contributed by atoms with Crippen LogP contribution in [-0.2, 0) is 9.53 Å². The first-order valence-corrected chi connectivity index (χ1v) is 12.7. The standard InChI is InChI=1S/C28H34N2O4.BrH/c31-24-11-9-21(10-12-24)25(32)19-30-17-13-22(14-18-30)26(20-30)34-28(33)27(23-7-3-1-4-8-23)29-15-5-2-6-16-29;/h1,3-4,7-12,22,26-27H,2,5-6,13-20H2;1H/t22?,26-,27?,30?;/m0./s1. The van der Waals surface area contributed by atoms with Gasteiger partial charge >= 0.3 is 5.97 Å². The van der Waals surface area contributed by atoms with Crippen LogP contribution in [-0.4, -0.2) is 71.6 Å². The van der Waals surface area contributed by atoms with Crippen LogP contribution in [0.25, 0.3) is 0 Å². The highest BCUT2D eigenvalue weighted by molar-refractivity contribution is 5.97. The summed E-state index contributed by atoms with van der Waals surface area (Å²) in [6.45, 7) is 4.88. The van der Waals surface area contributed by atoms with Gasteiger partial charge in [-0.2, -0.15) is 0 Å². The normalized spacial score (nSPS) is 27.0. The number of halogens is 1. The zero-order valence-electron chi connectivity index (χ0n) is 20.2. The molecular formula is C28H35BrN2O4. The molecule has 0 saturated carbocycles. The van der Waals surface area contributed by atoms with Gasteiger partial charge in [0.05, 0.1) is 13.1 Å². The molecular weight excluding hydrogens is 508 g/mol. The van der Waals surface area contributed by atoms with Crippen molar-refractivity contribution >= 4 is 11.8 Å². The minimum Gasteiger partial charge on any atom is -1.00 e. The molecule has 2 atom stereocenters. The fourth-order valence-corrected chi connectivity index (χ4v) is 6.14. The Morgan fingerprint density at radius 2 is 1.63 bits per heavy atom. The molecule has 0 radical (unpaired) electrons. The van der Waals surface area contributed by atoms with E-state index in [1.807, 2.05) is 30.3 Å². The summed E-state index contributed by atoms with van der Waals surface area (Å²) < 4.78 is 6.97. The van der Waals surface area contributed by atoms with Crippen LogP contribution >= 0.6 is 0 Å². The largest absolute Gasteiger partial charge is 1.00 e. The molecule has 35 heavy (non-hydrogen) atoms. The molecule has 0 aliphatic carbocycles. The Labute approximate surface area is 218 Å². The molecule has 2 aromatic carbocycles. The van der Waals surface area contributed by atoms with E-state index in [4.69, 9.17) is 4.74 Å². The monoisotopic (exact) mass is 542 g/mol. The van der Waals surface area contributed by atoms with Crippen LogP contribution in [0, 0.1) is 5.92 Å². The minimum atomic E-state index is -0.357. The van der Waals surface area contributed by atoms with Crippen molar-refractivity contribution in [1.82, 2.24) is 4.90 Å². The number of rotatable bonds is 7. The average molecular weight is 544 g/mol. The van der Waals surface area contributed by atoms with E-state index < -0.39 is 0 Å². The summed E-state index contributed by atoms with van der Waals surface area (Å²) in [5.74, 6) is 0.484. The van der Waals surface area contributed by atoms with E-state index in [2.05, 4.69) is 4.90 Å². The molecule has 2 aromatic rings. The minimum absolute atomic E-state index is 0. The van der Waals surface area contributed by atoms with Gasteiger partial charge in [-0.1, -0.05) is 36.8 Å². The molecule has 4 aliphatic rings. The fourth-order valence-electron chi connectivity index (χ4n) is 6.14. The number of piperidine rings is 4. The van der Waals surface area contributed by atoms with Crippen molar-refractivity contribution in [2.75, 3.05) is 39.3 Å². The molecule has 6 rings (SSSR count). The molecule has 188 valence electrons. The van der Waals surface area contributed by atoms with Gasteiger partial charge in [-0.3, -0.25) is 9.69 Å². The predicted molar refractivity (Wildman–Crippen MR) is 129 cm³/mol. The topological polar surface area (TPSA) is 66.8 Å². The molecule has 2 bridgehead atoms. The number of nitrogens with zero attached hydrogens (tertiary/aromatic N) is 2. The Morgan fingerprint density at radius 3 is 2.29 bits per heavy atom. The van der Waals surface area contributed by atoms with E-state index in [-0.39, 0.29) is 46.6 Å². The van der Waals surface area contributed by atoms with Crippen molar-refractivity contribution in [2.24, 2.45) is 5.92 Å². The van der Waals surface area contributed by atoms with Crippen LogP contribution in [0.3, 0.4) is 0 Å². The summed E-state index contributed by atoms with van der Waals surface area (Å²) in [6.07, 6.45) is 5.27. The molecule has 0 spiro atoms. The molecule has 1 N–H and O–H groups in total. The number of quaternary nitrogens is 1. The SMILES string of the molecule is O=C(C[N+]12CCC(CC1)[C@@H](OC(=O)C(c1ccccc1)N1CCCCC1)C2)c1ccc(O)cc1.[Br-]. The Morgan fingerprint density at radius 1 is 0.971 bits per heavy atom. The van der Waals surface area contributed by atoms with Crippen molar-refractivity contribution in [3.63, 3.8) is 0 Å². The van der Waals surface area contributed by atoms with Gasteiger partial charge in [0.15, 0.2) is 6.10 Å². The number of phenolic OH excluding ortho intramolecular Hbond substituents is 1. The third kappa shape index (κ3) is 5.79. The van der Waals surface area contributed by atoms with E-state index in [0.717, 1.165) is 57.4 Å². The number of aromatic hydroxyl groups is 1. The number of Topliss-reactive ketones (excluding diaryl/α,β-unsaturated/α-hetero) is 1. The highest BCUT2D eigenvalue weighted by Crippen LogP contribution is 2.37. The summed E-state index contributed by atoms with van der Waals surface area (Å²) in [6, 6.07) is 16.2. The first kappa shape index (κ1) is 25.9. The van der Waals surface area contributed by atoms with E-state index in [9.17, 15) is 14.7 Å². The van der Waals surface area contributed by atoms with Gasteiger partial charge in [-0.25, -0.2) is 4.79 Å². The van der Waals surface area contributed by atoms with Gasteiger partial charge < -0.3 is 31.3 Å². The Bertz CT molecular complexity index is 999. The zero-order chi connectivity index (χ0) is 23.5. The van der Waals surface area contributed by atoms with Gasteiger partial charge in [-0.05, 0) is 55.8 Å². The lowest BCUT2D eigenvalue weighted by Crippen LogP contribution is -3.00. The number of likely N-dealkylation sites (tertiary alicyclic amines) is 1. The number of hydrogen-bond donors (Lipinski definition) is 1. The first-order valence-electron chi connectivity index (χ1n) is 12.7. The maximum absolute atomic E-state index is 13.6. The summed E-state index contributed by atoms with van der Waals surface area (Å²) >= 11 is 0. The number of esters is 1. The van der Waals surface area contributed by atoms with Crippen LogP contribution in [0.15, 0.2) is 54.6 Å². The molecule has 0 amide bonds. The van der Waals surface area contributed by atoms with E-state index in [1.165, 1.54) is 6.42 Å². The number of ether oxygens (including phenoxy) is 1. The highest BCUT2D eigenvalue weighted by atomic mass is 79.9. The number of phenols is 1. The van der Waals surface area contributed by atoms with Crippen LogP contribution < -0.4 is 17.0 Å². The Balaban J connectivity index is 0.00000289. The van der Waals surface area contributed by atoms with E-state index in [1.54, 1.807) is 24.3 Å². The molecule has 4 aliphatic heterocycles. The lowest BCUT2D eigenvalue weighted by molar-refractivity contribution is -0.938. The number of fused-ring (bicyclic) bond motifs is 3. The lowest BCUT2D eigenvalue weighted by Gasteiger charge is -2.51. The number of carbonyl (C=O) groups excluding carboxylic acids is 2. The molecule has 4 fully saturated rings. The maximum atomic E-state index is 13.6. The van der Waals surface area contributed by atoms with Crippen LogP contribution in [0.4, 0.5) is 0 Å². The first-order chi connectivity index (χ1) is 16.5. The Kier molecular flexibility index (Phi) is 8.30. The quantitative estimate of drug-likeness (QED) is 0.320. The highest BCUT2D eigenvalue weighted by Gasteiger charge is 2.49. The second kappa shape index (κ2) is 11.2.